The predicted molar refractivity (Wildman–Crippen MR) is 94.4 cm³/mol. The van der Waals surface area contributed by atoms with Crippen LogP contribution in [0.3, 0.4) is 0 Å². The fraction of sp³-hybridized carbons (Fsp3) is 0.368. The van der Waals surface area contributed by atoms with E-state index >= 15 is 0 Å². The Bertz CT molecular complexity index is 572. The first-order valence-electron chi connectivity index (χ1n) is 7.52. The van der Waals surface area contributed by atoms with Gasteiger partial charge in [-0.25, -0.2) is 0 Å². The lowest BCUT2D eigenvalue weighted by Gasteiger charge is -2.19. The third-order valence-electron chi connectivity index (χ3n) is 3.94. The quantitative estimate of drug-likeness (QED) is 0.786. The Morgan fingerprint density at radius 2 is 1.67 bits per heavy atom. The third kappa shape index (κ3) is 4.62. The van der Waals surface area contributed by atoms with Crippen LogP contribution in [0.4, 0.5) is 0 Å². The summed E-state index contributed by atoms with van der Waals surface area (Å²) in [5, 5.41) is 3.47. The Kier molecular flexibility index (Phi) is 5.89. The van der Waals surface area contributed by atoms with Crippen molar-refractivity contribution in [3.8, 4) is 0 Å². The Morgan fingerprint density at radius 3 is 2.29 bits per heavy atom. The number of hydrogen-bond donors (Lipinski definition) is 1. The maximum absolute atomic E-state index is 3.47. The molecule has 1 atom stereocenters. The average Bonchev–Trinajstić information content (AvgIpc) is 2.46. The normalized spacial score (nSPS) is 12.4. The summed E-state index contributed by atoms with van der Waals surface area (Å²) in [7, 11) is 2.06. The van der Waals surface area contributed by atoms with Crippen LogP contribution in [0.15, 0.2) is 47.4 Å². The number of hydrogen-bond acceptors (Lipinski definition) is 2. The molecule has 0 aliphatic carbocycles. The summed E-state index contributed by atoms with van der Waals surface area (Å²) < 4.78 is 0. The van der Waals surface area contributed by atoms with Gasteiger partial charge in [0.05, 0.1) is 0 Å². The number of benzene rings is 2. The van der Waals surface area contributed by atoms with Crippen LogP contribution in [0.5, 0.6) is 0 Å². The SMILES string of the molecule is CNC(CSc1cccc(C)c1)Cc1c(C)cccc1C. The van der Waals surface area contributed by atoms with Crippen molar-refractivity contribution in [3.05, 3.63) is 64.7 Å². The predicted octanol–water partition coefficient (Wildman–Crippen LogP) is 4.53. The summed E-state index contributed by atoms with van der Waals surface area (Å²) in [6.07, 6.45) is 1.09. The molecule has 0 heterocycles. The van der Waals surface area contributed by atoms with E-state index in [0.29, 0.717) is 6.04 Å². The molecular formula is C19H25NS. The van der Waals surface area contributed by atoms with Gasteiger partial charge in [-0.2, -0.15) is 0 Å². The fourth-order valence-corrected chi connectivity index (χ4v) is 3.69. The van der Waals surface area contributed by atoms with E-state index in [0.717, 1.165) is 12.2 Å². The molecule has 0 amide bonds. The molecule has 0 fully saturated rings. The smallest absolute Gasteiger partial charge is 0.0199 e. The lowest BCUT2D eigenvalue weighted by atomic mass is 9.97. The highest BCUT2D eigenvalue weighted by atomic mass is 32.2. The monoisotopic (exact) mass is 299 g/mol. The molecule has 0 aliphatic heterocycles. The van der Waals surface area contributed by atoms with Crippen molar-refractivity contribution in [2.75, 3.05) is 12.8 Å². The largest absolute Gasteiger partial charge is 0.316 e. The second kappa shape index (κ2) is 7.67. The van der Waals surface area contributed by atoms with Crippen LogP contribution in [-0.2, 0) is 6.42 Å². The van der Waals surface area contributed by atoms with Crippen molar-refractivity contribution in [1.82, 2.24) is 5.32 Å². The van der Waals surface area contributed by atoms with Gasteiger partial charge in [0.2, 0.25) is 0 Å². The molecule has 0 spiro atoms. The van der Waals surface area contributed by atoms with E-state index in [9.17, 15) is 0 Å². The molecule has 2 aromatic carbocycles. The van der Waals surface area contributed by atoms with E-state index in [4.69, 9.17) is 0 Å². The van der Waals surface area contributed by atoms with Crippen molar-refractivity contribution in [1.29, 1.82) is 0 Å². The molecule has 112 valence electrons. The van der Waals surface area contributed by atoms with Crippen molar-refractivity contribution in [2.24, 2.45) is 0 Å². The van der Waals surface area contributed by atoms with Crippen LogP contribution < -0.4 is 5.32 Å². The molecular weight excluding hydrogens is 274 g/mol. The third-order valence-corrected chi connectivity index (χ3v) is 5.10. The van der Waals surface area contributed by atoms with Gasteiger partial charge >= 0.3 is 0 Å². The summed E-state index contributed by atoms with van der Waals surface area (Å²) in [4.78, 5) is 1.36. The lowest BCUT2D eigenvalue weighted by molar-refractivity contribution is 0.614. The molecule has 0 aliphatic rings. The average molecular weight is 299 g/mol. The molecule has 2 aromatic rings. The van der Waals surface area contributed by atoms with Gasteiger partial charge in [0.1, 0.15) is 0 Å². The molecule has 0 saturated heterocycles. The van der Waals surface area contributed by atoms with E-state index in [1.54, 1.807) is 0 Å². The first-order chi connectivity index (χ1) is 10.1. The van der Waals surface area contributed by atoms with Crippen LogP contribution in [0, 0.1) is 20.8 Å². The Labute approximate surface area is 133 Å². The molecule has 2 heteroatoms. The van der Waals surface area contributed by atoms with E-state index < -0.39 is 0 Å². The van der Waals surface area contributed by atoms with Crippen LogP contribution in [0.1, 0.15) is 22.3 Å². The zero-order valence-electron chi connectivity index (χ0n) is 13.4. The van der Waals surface area contributed by atoms with E-state index in [2.05, 4.69) is 75.6 Å². The summed E-state index contributed by atoms with van der Waals surface area (Å²) in [6.45, 7) is 6.57. The van der Waals surface area contributed by atoms with Gasteiger partial charge in [0.15, 0.2) is 0 Å². The zero-order valence-corrected chi connectivity index (χ0v) is 14.3. The van der Waals surface area contributed by atoms with E-state index in [1.807, 2.05) is 11.8 Å². The molecule has 0 radical (unpaired) electrons. The second-order valence-electron chi connectivity index (χ2n) is 5.69. The van der Waals surface area contributed by atoms with Crippen LogP contribution in [-0.4, -0.2) is 18.8 Å². The van der Waals surface area contributed by atoms with Gasteiger partial charge in [-0.15, -0.1) is 11.8 Å². The van der Waals surface area contributed by atoms with Gasteiger partial charge in [-0.05, 0) is 63.1 Å². The summed E-state index contributed by atoms with van der Waals surface area (Å²) in [6, 6.07) is 15.8. The number of aryl methyl sites for hydroxylation is 3. The van der Waals surface area contributed by atoms with Gasteiger partial charge in [0, 0.05) is 16.7 Å². The summed E-state index contributed by atoms with van der Waals surface area (Å²) in [5.74, 6) is 1.09. The van der Waals surface area contributed by atoms with Crippen molar-refractivity contribution >= 4 is 11.8 Å². The van der Waals surface area contributed by atoms with Gasteiger partial charge in [-0.1, -0.05) is 35.9 Å². The van der Waals surface area contributed by atoms with Crippen LogP contribution in [0.2, 0.25) is 0 Å². The molecule has 21 heavy (non-hydrogen) atoms. The number of thioether (sulfide) groups is 1. The highest BCUT2D eigenvalue weighted by Crippen LogP contribution is 2.22. The first-order valence-corrected chi connectivity index (χ1v) is 8.50. The molecule has 1 N–H and O–H groups in total. The van der Waals surface area contributed by atoms with Gasteiger partial charge < -0.3 is 5.32 Å². The topological polar surface area (TPSA) is 12.0 Å². The zero-order chi connectivity index (χ0) is 15.2. The highest BCUT2D eigenvalue weighted by molar-refractivity contribution is 7.99. The van der Waals surface area contributed by atoms with Gasteiger partial charge in [0.25, 0.3) is 0 Å². The van der Waals surface area contributed by atoms with Crippen LogP contribution in [0.25, 0.3) is 0 Å². The first kappa shape index (κ1) is 16.1. The van der Waals surface area contributed by atoms with Crippen LogP contribution >= 0.6 is 11.8 Å². The molecule has 0 bridgehead atoms. The van der Waals surface area contributed by atoms with Gasteiger partial charge in [-0.3, -0.25) is 0 Å². The Balaban J connectivity index is 2.00. The number of rotatable bonds is 6. The fourth-order valence-electron chi connectivity index (χ4n) is 2.56. The van der Waals surface area contributed by atoms with Crippen molar-refractivity contribution in [2.45, 2.75) is 38.1 Å². The second-order valence-corrected chi connectivity index (χ2v) is 6.78. The maximum atomic E-state index is 3.47. The number of likely N-dealkylation sites (N-methyl/N-ethyl adjacent to an activating group) is 1. The van der Waals surface area contributed by atoms with Crippen molar-refractivity contribution < 1.29 is 0 Å². The number of nitrogens with one attached hydrogen (secondary N) is 1. The summed E-state index contributed by atoms with van der Waals surface area (Å²) in [5.41, 5.74) is 5.61. The van der Waals surface area contributed by atoms with Crippen molar-refractivity contribution in [3.63, 3.8) is 0 Å². The molecule has 1 unspecified atom stereocenters. The summed E-state index contributed by atoms with van der Waals surface area (Å²) >= 11 is 1.94. The Hall–Kier alpha value is -1.25. The van der Waals surface area contributed by atoms with E-state index in [-0.39, 0.29) is 0 Å². The lowest BCUT2D eigenvalue weighted by Crippen LogP contribution is -2.30. The van der Waals surface area contributed by atoms with E-state index in [1.165, 1.54) is 27.1 Å². The molecule has 1 nitrogen and oxygen atoms in total. The highest BCUT2D eigenvalue weighted by Gasteiger charge is 2.11. The molecule has 0 saturated carbocycles. The minimum absolute atomic E-state index is 0.496. The minimum Gasteiger partial charge on any atom is -0.316 e. The maximum Gasteiger partial charge on any atom is 0.0199 e. The Morgan fingerprint density at radius 1 is 1.00 bits per heavy atom. The molecule has 0 aromatic heterocycles. The minimum atomic E-state index is 0.496. The molecule has 2 rings (SSSR count). The standard InChI is InChI=1S/C19H25NS/c1-14-7-5-10-18(11-14)21-13-17(20-4)12-19-15(2)8-6-9-16(19)3/h5-11,17,20H,12-13H2,1-4H3.